The van der Waals surface area contributed by atoms with Gasteiger partial charge in [0.1, 0.15) is 5.75 Å². The Labute approximate surface area is 165 Å². The molecule has 1 aliphatic heterocycles. The van der Waals surface area contributed by atoms with E-state index >= 15 is 0 Å². The Morgan fingerprint density at radius 1 is 1.15 bits per heavy atom. The molecule has 3 rings (SSSR count). The third kappa shape index (κ3) is 4.64. The van der Waals surface area contributed by atoms with Crippen molar-refractivity contribution in [2.75, 3.05) is 20.2 Å². The molecule has 1 atom stereocenters. The lowest BCUT2D eigenvalue weighted by molar-refractivity contribution is -0.129. The molecule has 1 fully saturated rings. The average Bonchev–Trinajstić information content (AvgIpc) is 3.32. The summed E-state index contributed by atoms with van der Waals surface area (Å²) in [6, 6.07) is 7.84. The number of methoxy groups -OCH3 is 1. The van der Waals surface area contributed by atoms with Crippen molar-refractivity contribution in [2.24, 2.45) is 5.92 Å². The zero-order chi connectivity index (χ0) is 19.4. The number of amides is 1. The van der Waals surface area contributed by atoms with Gasteiger partial charge < -0.3 is 14.2 Å². The minimum Gasteiger partial charge on any atom is -0.497 e. The Hall–Kier alpha value is -2.02. The minimum atomic E-state index is -0.165. The van der Waals surface area contributed by atoms with Gasteiger partial charge in [0.15, 0.2) is 11.0 Å². The topological polar surface area (TPSA) is 60.3 Å². The van der Waals surface area contributed by atoms with Crippen LogP contribution in [0.2, 0.25) is 0 Å². The minimum absolute atomic E-state index is 0.165. The van der Waals surface area contributed by atoms with E-state index in [0.717, 1.165) is 54.8 Å². The van der Waals surface area contributed by atoms with Gasteiger partial charge in [-0.2, -0.15) is 0 Å². The standard InChI is InChI=1S/C20H28N4O2S/c1-14(2)13-24-18(16-7-9-17(26-4)10-8-16)21-22-20(24)27-15(3)19(25)23-11-5-6-12-23/h7-10,14-15H,5-6,11-13H2,1-4H3/t15-/m1/s1. The highest BCUT2D eigenvalue weighted by Crippen LogP contribution is 2.29. The summed E-state index contributed by atoms with van der Waals surface area (Å²) in [5.41, 5.74) is 0.995. The maximum Gasteiger partial charge on any atom is 0.235 e. The number of carbonyl (C=O) groups excluding carboxylic acids is 1. The third-order valence-electron chi connectivity index (χ3n) is 4.66. The first-order valence-corrected chi connectivity index (χ1v) is 10.4. The van der Waals surface area contributed by atoms with Crippen molar-refractivity contribution in [3.63, 3.8) is 0 Å². The van der Waals surface area contributed by atoms with Crippen LogP contribution in [0.3, 0.4) is 0 Å². The number of rotatable bonds is 7. The molecule has 6 nitrogen and oxygen atoms in total. The Balaban J connectivity index is 1.83. The lowest BCUT2D eigenvalue weighted by Gasteiger charge is -2.20. The van der Waals surface area contributed by atoms with E-state index in [1.807, 2.05) is 36.1 Å². The van der Waals surface area contributed by atoms with E-state index in [9.17, 15) is 4.79 Å². The van der Waals surface area contributed by atoms with Crippen molar-refractivity contribution < 1.29 is 9.53 Å². The number of thioether (sulfide) groups is 1. The zero-order valence-electron chi connectivity index (χ0n) is 16.5. The SMILES string of the molecule is COc1ccc(-c2nnc(S[C@H](C)C(=O)N3CCCC3)n2CC(C)C)cc1. The van der Waals surface area contributed by atoms with Crippen LogP contribution in [-0.2, 0) is 11.3 Å². The van der Waals surface area contributed by atoms with Crippen molar-refractivity contribution in [3.8, 4) is 17.1 Å². The van der Waals surface area contributed by atoms with Gasteiger partial charge in [0.25, 0.3) is 0 Å². The van der Waals surface area contributed by atoms with E-state index in [1.54, 1.807) is 7.11 Å². The van der Waals surface area contributed by atoms with Crippen LogP contribution in [0.4, 0.5) is 0 Å². The number of hydrogen-bond acceptors (Lipinski definition) is 5. The summed E-state index contributed by atoms with van der Waals surface area (Å²) >= 11 is 1.50. The fourth-order valence-corrected chi connectivity index (χ4v) is 4.20. The van der Waals surface area contributed by atoms with Crippen molar-refractivity contribution >= 4 is 17.7 Å². The van der Waals surface area contributed by atoms with Crippen molar-refractivity contribution in [1.82, 2.24) is 19.7 Å². The van der Waals surface area contributed by atoms with Crippen LogP contribution >= 0.6 is 11.8 Å². The predicted octanol–water partition coefficient (Wildman–Crippen LogP) is 3.71. The van der Waals surface area contributed by atoms with Crippen LogP contribution in [0.25, 0.3) is 11.4 Å². The lowest BCUT2D eigenvalue weighted by Crippen LogP contribution is -2.34. The monoisotopic (exact) mass is 388 g/mol. The number of aromatic nitrogens is 3. The number of benzene rings is 1. The van der Waals surface area contributed by atoms with Gasteiger partial charge in [0, 0.05) is 25.2 Å². The van der Waals surface area contributed by atoms with Crippen LogP contribution in [0, 0.1) is 5.92 Å². The molecule has 0 aliphatic carbocycles. The second-order valence-electron chi connectivity index (χ2n) is 7.33. The van der Waals surface area contributed by atoms with Gasteiger partial charge in [-0.25, -0.2) is 0 Å². The number of nitrogens with zero attached hydrogens (tertiary/aromatic N) is 4. The normalized spacial score (nSPS) is 15.4. The molecule has 7 heteroatoms. The molecule has 1 amide bonds. The van der Waals surface area contributed by atoms with Crippen molar-refractivity contribution in [1.29, 1.82) is 0 Å². The molecule has 27 heavy (non-hydrogen) atoms. The van der Waals surface area contributed by atoms with E-state index in [4.69, 9.17) is 4.74 Å². The van der Waals surface area contributed by atoms with Gasteiger partial charge in [0.2, 0.25) is 5.91 Å². The van der Waals surface area contributed by atoms with Crippen LogP contribution < -0.4 is 4.74 Å². The average molecular weight is 389 g/mol. The number of carbonyl (C=O) groups is 1. The number of likely N-dealkylation sites (tertiary alicyclic amines) is 1. The summed E-state index contributed by atoms with van der Waals surface area (Å²) in [6.45, 7) is 8.86. The predicted molar refractivity (Wildman–Crippen MR) is 108 cm³/mol. The summed E-state index contributed by atoms with van der Waals surface area (Å²) in [5.74, 6) is 2.28. The molecular formula is C20H28N4O2S. The summed E-state index contributed by atoms with van der Waals surface area (Å²) in [7, 11) is 1.66. The molecule has 0 saturated carbocycles. The molecule has 0 spiro atoms. The first-order chi connectivity index (χ1) is 13.0. The van der Waals surface area contributed by atoms with Crippen molar-refractivity contribution in [3.05, 3.63) is 24.3 Å². The zero-order valence-corrected chi connectivity index (χ0v) is 17.3. The maximum absolute atomic E-state index is 12.7. The highest BCUT2D eigenvalue weighted by Gasteiger charge is 2.26. The summed E-state index contributed by atoms with van der Waals surface area (Å²) in [4.78, 5) is 14.6. The largest absolute Gasteiger partial charge is 0.497 e. The molecular weight excluding hydrogens is 360 g/mol. The molecule has 146 valence electrons. The molecule has 1 saturated heterocycles. The molecule has 0 N–H and O–H groups in total. The first-order valence-electron chi connectivity index (χ1n) is 9.52. The van der Waals surface area contributed by atoms with Crippen LogP contribution in [0.15, 0.2) is 29.4 Å². The smallest absolute Gasteiger partial charge is 0.235 e. The quantitative estimate of drug-likeness (QED) is 0.677. The molecule has 1 aromatic carbocycles. The van der Waals surface area contributed by atoms with Gasteiger partial charge in [-0.05, 0) is 49.9 Å². The Kier molecular flexibility index (Phi) is 6.42. The Morgan fingerprint density at radius 2 is 1.81 bits per heavy atom. The highest BCUT2D eigenvalue weighted by atomic mass is 32.2. The fourth-order valence-electron chi connectivity index (χ4n) is 3.26. The van der Waals surface area contributed by atoms with Crippen LogP contribution in [-0.4, -0.2) is 51.0 Å². The molecule has 0 unspecified atom stereocenters. The van der Waals surface area contributed by atoms with Gasteiger partial charge in [-0.1, -0.05) is 25.6 Å². The summed E-state index contributed by atoms with van der Waals surface area (Å²) in [5, 5.41) is 9.48. The van der Waals surface area contributed by atoms with Crippen molar-refractivity contribution in [2.45, 2.75) is 50.6 Å². The fraction of sp³-hybridized carbons (Fsp3) is 0.550. The van der Waals surface area contributed by atoms with E-state index in [2.05, 4.69) is 28.6 Å². The second kappa shape index (κ2) is 8.78. The lowest BCUT2D eigenvalue weighted by atomic mass is 10.2. The van der Waals surface area contributed by atoms with Gasteiger partial charge in [-0.3, -0.25) is 4.79 Å². The number of hydrogen-bond donors (Lipinski definition) is 0. The molecule has 2 heterocycles. The molecule has 1 aliphatic rings. The highest BCUT2D eigenvalue weighted by molar-refractivity contribution is 8.00. The van der Waals surface area contributed by atoms with E-state index < -0.39 is 0 Å². The number of ether oxygens (including phenoxy) is 1. The van der Waals surface area contributed by atoms with E-state index in [0.29, 0.717) is 5.92 Å². The Bertz CT molecular complexity index is 767. The summed E-state index contributed by atoms with van der Waals surface area (Å²) in [6.07, 6.45) is 2.21. The molecule has 0 radical (unpaired) electrons. The molecule has 2 aromatic rings. The van der Waals surface area contributed by atoms with Crippen LogP contribution in [0.1, 0.15) is 33.6 Å². The van der Waals surface area contributed by atoms with Gasteiger partial charge in [-0.15, -0.1) is 10.2 Å². The van der Waals surface area contributed by atoms with E-state index in [-0.39, 0.29) is 11.2 Å². The first kappa shape index (κ1) is 19.7. The van der Waals surface area contributed by atoms with Gasteiger partial charge >= 0.3 is 0 Å². The third-order valence-corrected chi connectivity index (χ3v) is 5.73. The second-order valence-corrected chi connectivity index (χ2v) is 8.64. The van der Waals surface area contributed by atoms with Crippen LogP contribution in [0.5, 0.6) is 5.75 Å². The molecule has 1 aromatic heterocycles. The summed E-state index contributed by atoms with van der Waals surface area (Å²) < 4.78 is 7.37. The molecule has 0 bridgehead atoms. The van der Waals surface area contributed by atoms with E-state index in [1.165, 1.54) is 11.8 Å². The Morgan fingerprint density at radius 3 is 2.41 bits per heavy atom. The van der Waals surface area contributed by atoms with Gasteiger partial charge in [0.05, 0.1) is 12.4 Å². The maximum atomic E-state index is 12.7.